The van der Waals surface area contributed by atoms with E-state index in [-0.39, 0.29) is 19.2 Å². The van der Waals surface area contributed by atoms with Crippen LogP contribution in [0.2, 0.25) is 0 Å². The molecule has 1 aliphatic heterocycles. The van der Waals surface area contributed by atoms with Crippen LogP contribution in [-0.4, -0.2) is 89.6 Å². The van der Waals surface area contributed by atoms with E-state index >= 15 is 0 Å². The van der Waals surface area contributed by atoms with E-state index in [2.05, 4.69) is 26.0 Å². The van der Waals surface area contributed by atoms with Crippen molar-refractivity contribution in [1.29, 1.82) is 0 Å². The number of unbranched alkanes of at least 4 members (excludes halogenated alkanes) is 28. The van der Waals surface area contributed by atoms with Gasteiger partial charge in [-0.05, 0) is 32.1 Å². The summed E-state index contributed by atoms with van der Waals surface area (Å²) in [6.45, 7) is 4.52. The lowest BCUT2D eigenvalue weighted by atomic mass is 9.99. The number of hydrogen-bond donors (Lipinski definition) is 4. The van der Waals surface area contributed by atoms with Crippen molar-refractivity contribution in [1.82, 2.24) is 0 Å². The third-order valence-corrected chi connectivity index (χ3v) is 11.2. The number of allylic oxidation sites excluding steroid dienone is 2. The van der Waals surface area contributed by atoms with Crippen LogP contribution in [0.3, 0.4) is 0 Å². The lowest BCUT2D eigenvalue weighted by molar-refractivity contribution is -0.305. The second-order valence-corrected chi connectivity index (χ2v) is 16.6. The van der Waals surface area contributed by atoms with E-state index in [1.54, 1.807) is 0 Å². The second kappa shape index (κ2) is 39.4. The molecule has 9 heteroatoms. The molecule has 1 heterocycles. The standard InChI is InChI=1S/C47H90O9/c1-3-5-7-9-11-13-15-16-17-18-19-20-21-22-23-24-25-26-27-29-31-33-35-37-53-39-41(40-54-47-46(52)45(51)44(50)42(38-48)56-47)55-43(49)36-34-32-30-28-14-12-10-8-6-4-2/h8,10,41-42,44-48,50-52H,3-7,9,11-40H2,1-2H3/b10-8-. The Bertz CT molecular complexity index is 869. The van der Waals surface area contributed by atoms with Gasteiger partial charge in [0, 0.05) is 13.0 Å². The van der Waals surface area contributed by atoms with Crippen LogP contribution in [0.25, 0.3) is 0 Å². The van der Waals surface area contributed by atoms with Gasteiger partial charge in [0.1, 0.15) is 30.5 Å². The zero-order chi connectivity index (χ0) is 40.7. The average Bonchev–Trinajstić information content (AvgIpc) is 3.20. The molecule has 0 aliphatic carbocycles. The van der Waals surface area contributed by atoms with Crippen molar-refractivity contribution in [3.63, 3.8) is 0 Å². The van der Waals surface area contributed by atoms with E-state index in [1.807, 2.05) is 0 Å². The van der Waals surface area contributed by atoms with Gasteiger partial charge in [-0.2, -0.15) is 0 Å². The SMILES string of the molecule is CCC/C=C\CCCCCCCC(=O)OC(COCCCCCCCCCCCCCCCCCCCCCCCCC)COC1OC(CO)C(O)C(O)C1O. The van der Waals surface area contributed by atoms with Crippen LogP contribution in [-0.2, 0) is 23.7 Å². The Hall–Kier alpha value is -1.07. The zero-order valence-electron chi connectivity index (χ0n) is 36.4. The van der Waals surface area contributed by atoms with Gasteiger partial charge in [-0.15, -0.1) is 0 Å². The molecule has 4 N–H and O–H groups in total. The maximum atomic E-state index is 12.7. The summed E-state index contributed by atoms with van der Waals surface area (Å²) in [5.74, 6) is -0.321. The molecule has 6 unspecified atom stereocenters. The molecule has 9 nitrogen and oxygen atoms in total. The van der Waals surface area contributed by atoms with Crippen LogP contribution in [0, 0.1) is 0 Å². The molecule has 6 atom stereocenters. The number of carbonyl (C=O) groups is 1. The minimum absolute atomic E-state index is 0.112. The van der Waals surface area contributed by atoms with Gasteiger partial charge in [-0.3, -0.25) is 4.79 Å². The lowest BCUT2D eigenvalue weighted by Crippen LogP contribution is -2.59. The van der Waals surface area contributed by atoms with Crippen molar-refractivity contribution >= 4 is 5.97 Å². The van der Waals surface area contributed by atoms with E-state index in [4.69, 9.17) is 18.9 Å². The highest BCUT2D eigenvalue weighted by Crippen LogP contribution is 2.23. The van der Waals surface area contributed by atoms with Gasteiger partial charge in [-0.1, -0.05) is 193 Å². The fourth-order valence-corrected chi connectivity index (χ4v) is 7.44. The van der Waals surface area contributed by atoms with Crippen LogP contribution in [0.4, 0.5) is 0 Å². The van der Waals surface area contributed by atoms with E-state index in [0.29, 0.717) is 13.0 Å². The quantitative estimate of drug-likeness (QED) is 0.0271. The lowest BCUT2D eigenvalue weighted by Gasteiger charge is -2.39. The molecule has 0 bridgehead atoms. The minimum atomic E-state index is -1.53. The van der Waals surface area contributed by atoms with Crippen molar-refractivity contribution in [2.45, 2.75) is 256 Å². The summed E-state index contributed by atoms with van der Waals surface area (Å²) < 4.78 is 22.8. The van der Waals surface area contributed by atoms with Gasteiger partial charge < -0.3 is 39.4 Å². The predicted molar refractivity (Wildman–Crippen MR) is 229 cm³/mol. The summed E-state index contributed by atoms with van der Waals surface area (Å²) in [6.07, 6.45) is 36.9. The first-order chi connectivity index (χ1) is 27.4. The Morgan fingerprint density at radius 2 is 1.02 bits per heavy atom. The number of rotatable bonds is 41. The molecule has 0 aromatic carbocycles. The van der Waals surface area contributed by atoms with Crippen LogP contribution < -0.4 is 0 Å². The van der Waals surface area contributed by atoms with Crippen LogP contribution >= 0.6 is 0 Å². The summed E-state index contributed by atoms with van der Waals surface area (Å²) in [5.41, 5.74) is 0. The fraction of sp³-hybridized carbons (Fsp3) is 0.936. The number of esters is 1. The van der Waals surface area contributed by atoms with Gasteiger partial charge in [0.25, 0.3) is 0 Å². The van der Waals surface area contributed by atoms with Crippen molar-refractivity contribution in [2.75, 3.05) is 26.4 Å². The number of hydrogen-bond acceptors (Lipinski definition) is 9. The molecule has 0 amide bonds. The van der Waals surface area contributed by atoms with Crippen LogP contribution in [0.1, 0.15) is 219 Å². The minimum Gasteiger partial charge on any atom is -0.457 e. The van der Waals surface area contributed by atoms with Gasteiger partial charge in [0.05, 0.1) is 19.8 Å². The third-order valence-electron chi connectivity index (χ3n) is 11.2. The fourth-order valence-electron chi connectivity index (χ4n) is 7.44. The molecule has 1 rings (SSSR count). The topological polar surface area (TPSA) is 135 Å². The average molecular weight is 799 g/mol. The van der Waals surface area contributed by atoms with Crippen LogP contribution in [0.5, 0.6) is 0 Å². The first-order valence-corrected chi connectivity index (χ1v) is 23.8. The van der Waals surface area contributed by atoms with Crippen molar-refractivity contribution in [3.8, 4) is 0 Å². The number of ether oxygens (including phenoxy) is 4. The van der Waals surface area contributed by atoms with Crippen molar-refractivity contribution in [2.24, 2.45) is 0 Å². The first kappa shape index (κ1) is 52.9. The predicted octanol–water partition coefficient (Wildman–Crippen LogP) is 10.8. The van der Waals surface area contributed by atoms with Gasteiger partial charge >= 0.3 is 5.97 Å². The van der Waals surface area contributed by atoms with Crippen LogP contribution in [0.15, 0.2) is 12.2 Å². The smallest absolute Gasteiger partial charge is 0.306 e. The highest BCUT2D eigenvalue weighted by molar-refractivity contribution is 5.69. The van der Waals surface area contributed by atoms with Crippen molar-refractivity contribution < 1.29 is 44.2 Å². The van der Waals surface area contributed by atoms with Crippen molar-refractivity contribution in [3.05, 3.63) is 12.2 Å². The van der Waals surface area contributed by atoms with Gasteiger partial charge in [-0.25, -0.2) is 0 Å². The summed E-state index contributed by atoms with van der Waals surface area (Å²) in [4.78, 5) is 12.7. The Balaban J connectivity index is 2.14. The molecule has 0 saturated carbocycles. The molecule has 0 radical (unpaired) electrons. The highest BCUT2D eigenvalue weighted by atomic mass is 16.7. The van der Waals surface area contributed by atoms with E-state index in [9.17, 15) is 25.2 Å². The zero-order valence-corrected chi connectivity index (χ0v) is 36.4. The third kappa shape index (κ3) is 30.0. The summed E-state index contributed by atoms with van der Waals surface area (Å²) in [7, 11) is 0. The highest BCUT2D eigenvalue weighted by Gasteiger charge is 2.44. The molecule has 0 aromatic heterocycles. The maximum absolute atomic E-state index is 12.7. The summed E-state index contributed by atoms with van der Waals surface area (Å²) in [6, 6.07) is 0. The molecule has 1 fully saturated rings. The maximum Gasteiger partial charge on any atom is 0.306 e. The molecule has 1 aliphatic rings. The molecule has 1 saturated heterocycles. The molecule has 332 valence electrons. The Morgan fingerprint density at radius 3 is 1.52 bits per heavy atom. The first-order valence-electron chi connectivity index (χ1n) is 23.8. The van der Waals surface area contributed by atoms with E-state index < -0.39 is 43.4 Å². The monoisotopic (exact) mass is 799 g/mol. The Kier molecular flexibility index (Phi) is 37.2. The summed E-state index contributed by atoms with van der Waals surface area (Å²) in [5, 5.41) is 40.1. The molecule has 0 spiro atoms. The largest absolute Gasteiger partial charge is 0.457 e. The van der Waals surface area contributed by atoms with E-state index in [1.165, 1.54) is 148 Å². The summed E-state index contributed by atoms with van der Waals surface area (Å²) >= 11 is 0. The second-order valence-electron chi connectivity index (χ2n) is 16.6. The number of aliphatic hydroxyl groups is 4. The van der Waals surface area contributed by atoms with E-state index in [0.717, 1.165) is 51.4 Å². The number of carbonyl (C=O) groups excluding carboxylic acids is 1. The Morgan fingerprint density at radius 1 is 0.554 bits per heavy atom. The van der Waals surface area contributed by atoms with Gasteiger partial charge in [0.15, 0.2) is 6.29 Å². The molecular weight excluding hydrogens is 709 g/mol. The molecule has 56 heavy (non-hydrogen) atoms. The normalized spacial score (nSPS) is 20.6. The Labute approximate surface area is 344 Å². The van der Waals surface area contributed by atoms with Gasteiger partial charge in [0.2, 0.25) is 0 Å². The molecule has 0 aromatic rings. The number of aliphatic hydroxyl groups excluding tert-OH is 4. The molecular formula is C47H90O9.